The molecule has 0 unspecified atom stereocenters. The number of nitrogens with zero attached hydrogens (tertiary/aromatic N) is 1. The van der Waals surface area contributed by atoms with Crippen LogP contribution in [0, 0.1) is 5.92 Å². The van der Waals surface area contributed by atoms with Gasteiger partial charge in [-0.3, -0.25) is 4.90 Å². The van der Waals surface area contributed by atoms with Crippen molar-refractivity contribution in [2.45, 2.75) is 51.1 Å². The fourth-order valence-electron chi connectivity index (χ4n) is 3.98. The minimum absolute atomic E-state index is 0.759. The standard InChI is InChI=1S/C16H23N/c1-12-10-11-17-13(2)8-9-15(17)16(12)14-6-4-3-5-7-14/h3-7,12-13,15-16H,8-11H2,1-2H3/t12-,13+,15-,16-/m1/s1. The summed E-state index contributed by atoms with van der Waals surface area (Å²) in [6.07, 6.45) is 4.15. The van der Waals surface area contributed by atoms with E-state index in [9.17, 15) is 0 Å². The van der Waals surface area contributed by atoms with Crippen LogP contribution in [0.2, 0.25) is 0 Å². The predicted octanol–water partition coefficient (Wildman–Crippen LogP) is 3.66. The maximum Gasteiger partial charge on any atom is 0.0170 e. The Balaban J connectivity index is 1.91. The molecule has 0 radical (unpaired) electrons. The Morgan fingerprint density at radius 3 is 2.53 bits per heavy atom. The molecule has 0 amide bonds. The van der Waals surface area contributed by atoms with E-state index in [2.05, 4.69) is 49.1 Å². The van der Waals surface area contributed by atoms with Gasteiger partial charge in [-0.1, -0.05) is 37.3 Å². The summed E-state index contributed by atoms with van der Waals surface area (Å²) in [5.74, 6) is 1.60. The summed E-state index contributed by atoms with van der Waals surface area (Å²) in [5.41, 5.74) is 1.56. The molecule has 17 heavy (non-hydrogen) atoms. The zero-order valence-electron chi connectivity index (χ0n) is 11.0. The van der Waals surface area contributed by atoms with Gasteiger partial charge in [-0.15, -0.1) is 0 Å². The smallest absolute Gasteiger partial charge is 0.0170 e. The first-order valence-corrected chi connectivity index (χ1v) is 7.08. The molecule has 92 valence electrons. The molecular weight excluding hydrogens is 206 g/mol. The van der Waals surface area contributed by atoms with Gasteiger partial charge in [0.2, 0.25) is 0 Å². The lowest BCUT2D eigenvalue weighted by Gasteiger charge is -2.43. The van der Waals surface area contributed by atoms with Crippen molar-refractivity contribution < 1.29 is 0 Å². The Bertz CT molecular complexity index is 372. The zero-order valence-corrected chi connectivity index (χ0v) is 11.0. The summed E-state index contributed by atoms with van der Waals surface area (Å²) in [4.78, 5) is 2.76. The Kier molecular flexibility index (Phi) is 2.96. The minimum Gasteiger partial charge on any atom is -0.297 e. The van der Waals surface area contributed by atoms with Gasteiger partial charge in [0.1, 0.15) is 0 Å². The van der Waals surface area contributed by atoms with Gasteiger partial charge in [-0.25, -0.2) is 0 Å². The van der Waals surface area contributed by atoms with Gasteiger partial charge in [0.05, 0.1) is 0 Å². The van der Waals surface area contributed by atoms with Crippen LogP contribution in [-0.2, 0) is 0 Å². The molecule has 1 nitrogen and oxygen atoms in total. The van der Waals surface area contributed by atoms with Crippen molar-refractivity contribution in [2.75, 3.05) is 6.54 Å². The Labute approximate surface area is 105 Å². The number of piperidine rings is 1. The van der Waals surface area contributed by atoms with Crippen LogP contribution in [-0.4, -0.2) is 23.5 Å². The van der Waals surface area contributed by atoms with E-state index in [1.807, 2.05) is 0 Å². The Morgan fingerprint density at radius 1 is 1.00 bits per heavy atom. The van der Waals surface area contributed by atoms with Crippen molar-refractivity contribution in [1.82, 2.24) is 4.90 Å². The van der Waals surface area contributed by atoms with Crippen molar-refractivity contribution in [3.05, 3.63) is 35.9 Å². The third-order valence-electron chi connectivity index (χ3n) is 4.93. The number of rotatable bonds is 1. The topological polar surface area (TPSA) is 3.24 Å². The van der Waals surface area contributed by atoms with Gasteiger partial charge in [0.15, 0.2) is 0 Å². The first kappa shape index (κ1) is 11.3. The van der Waals surface area contributed by atoms with Crippen LogP contribution in [0.1, 0.15) is 44.6 Å². The zero-order chi connectivity index (χ0) is 11.8. The van der Waals surface area contributed by atoms with E-state index in [0.29, 0.717) is 0 Å². The van der Waals surface area contributed by atoms with Crippen molar-refractivity contribution in [3.63, 3.8) is 0 Å². The van der Waals surface area contributed by atoms with Crippen LogP contribution in [0.3, 0.4) is 0 Å². The predicted molar refractivity (Wildman–Crippen MR) is 72.2 cm³/mol. The van der Waals surface area contributed by atoms with E-state index in [4.69, 9.17) is 0 Å². The van der Waals surface area contributed by atoms with Crippen LogP contribution < -0.4 is 0 Å². The van der Waals surface area contributed by atoms with Crippen molar-refractivity contribution in [3.8, 4) is 0 Å². The molecule has 0 aliphatic carbocycles. The number of benzene rings is 1. The van der Waals surface area contributed by atoms with Gasteiger partial charge in [0, 0.05) is 18.0 Å². The fraction of sp³-hybridized carbons (Fsp3) is 0.625. The summed E-state index contributed by atoms with van der Waals surface area (Å²) in [6.45, 7) is 6.16. The molecule has 0 saturated carbocycles. The molecule has 3 rings (SSSR count). The molecule has 0 aromatic heterocycles. The molecule has 4 atom stereocenters. The van der Waals surface area contributed by atoms with E-state index in [0.717, 1.165) is 23.9 Å². The normalized spacial score (nSPS) is 38.0. The average molecular weight is 229 g/mol. The molecule has 0 spiro atoms. The third kappa shape index (κ3) is 1.91. The summed E-state index contributed by atoms with van der Waals surface area (Å²) in [6, 6.07) is 12.8. The van der Waals surface area contributed by atoms with Gasteiger partial charge in [-0.2, -0.15) is 0 Å². The highest BCUT2D eigenvalue weighted by Gasteiger charge is 2.41. The highest BCUT2D eigenvalue weighted by molar-refractivity contribution is 5.24. The van der Waals surface area contributed by atoms with Crippen LogP contribution in [0.4, 0.5) is 0 Å². The summed E-state index contributed by atoms with van der Waals surface area (Å²) in [7, 11) is 0. The molecule has 2 aliphatic rings. The van der Waals surface area contributed by atoms with E-state index >= 15 is 0 Å². The van der Waals surface area contributed by atoms with Crippen LogP contribution in [0.25, 0.3) is 0 Å². The molecule has 2 saturated heterocycles. The van der Waals surface area contributed by atoms with Crippen LogP contribution in [0.5, 0.6) is 0 Å². The lowest BCUT2D eigenvalue weighted by Crippen LogP contribution is -2.45. The van der Waals surface area contributed by atoms with Gasteiger partial charge < -0.3 is 0 Å². The Hall–Kier alpha value is -0.820. The van der Waals surface area contributed by atoms with E-state index in [-0.39, 0.29) is 0 Å². The Morgan fingerprint density at radius 2 is 1.76 bits per heavy atom. The highest BCUT2D eigenvalue weighted by Crippen LogP contribution is 2.43. The lowest BCUT2D eigenvalue weighted by atomic mass is 9.76. The highest BCUT2D eigenvalue weighted by atomic mass is 15.2. The maximum atomic E-state index is 2.76. The van der Waals surface area contributed by atoms with Crippen molar-refractivity contribution in [1.29, 1.82) is 0 Å². The molecule has 1 heteroatoms. The summed E-state index contributed by atoms with van der Waals surface area (Å²) < 4.78 is 0. The van der Waals surface area contributed by atoms with Crippen LogP contribution in [0.15, 0.2) is 30.3 Å². The SMILES string of the molecule is C[C@@H]1CCN2[C@H](CC[C@@H]2C)[C@H]1c1ccccc1. The molecule has 1 aromatic rings. The largest absolute Gasteiger partial charge is 0.297 e. The molecule has 1 aromatic carbocycles. The second-order valence-corrected chi connectivity index (χ2v) is 5.93. The first-order valence-electron chi connectivity index (χ1n) is 7.08. The molecule has 2 heterocycles. The summed E-state index contributed by atoms with van der Waals surface area (Å²) >= 11 is 0. The number of hydrogen-bond acceptors (Lipinski definition) is 1. The number of fused-ring (bicyclic) bond motifs is 1. The van der Waals surface area contributed by atoms with Gasteiger partial charge in [-0.05, 0) is 44.2 Å². The maximum absolute atomic E-state index is 2.76. The minimum atomic E-state index is 0.759. The monoisotopic (exact) mass is 229 g/mol. The van der Waals surface area contributed by atoms with E-state index in [1.54, 1.807) is 5.56 Å². The van der Waals surface area contributed by atoms with Crippen molar-refractivity contribution in [2.24, 2.45) is 5.92 Å². The molecule has 0 bridgehead atoms. The van der Waals surface area contributed by atoms with E-state index in [1.165, 1.54) is 25.8 Å². The lowest BCUT2D eigenvalue weighted by molar-refractivity contribution is 0.103. The quantitative estimate of drug-likeness (QED) is 0.710. The third-order valence-corrected chi connectivity index (χ3v) is 4.93. The number of hydrogen-bond donors (Lipinski definition) is 0. The summed E-state index contributed by atoms with van der Waals surface area (Å²) in [5, 5.41) is 0. The van der Waals surface area contributed by atoms with Crippen molar-refractivity contribution >= 4 is 0 Å². The fourth-order valence-corrected chi connectivity index (χ4v) is 3.98. The van der Waals surface area contributed by atoms with Gasteiger partial charge >= 0.3 is 0 Å². The molecule has 2 fully saturated rings. The second kappa shape index (κ2) is 4.45. The first-order chi connectivity index (χ1) is 8.27. The van der Waals surface area contributed by atoms with E-state index < -0.39 is 0 Å². The molecular formula is C16H23N. The van der Waals surface area contributed by atoms with Crippen LogP contribution >= 0.6 is 0 Å². The second-order valence-electron chi connectivity index (χ2n) is 5.93. The molecule has 2 aliphatic heterocycles. The molecule has 0 N–H and O–H groups in total. The average Bonchev–Trinajstić information content (AvgIpc) is 2.72. The van der Waals surface area contributed by atoms with Gasteiger partial charge in [0.25, 0.3) is 0 Å².